The minimum absolute atomic E-state index is 0.0198. The van der Waals surface area contributed by atoms with E-state index in [-0.39, 0.29) is 24.7 Å². The molecule has 1 aliphatic heterocycles. The molecule has 0 bridgehead atoms. The number of rotatable bonds is 7. The van der Waals surface area contributed by atoms with Gasteiger partial charge in [0.25, 0.3) is 0 Å². The average molecular weight is 348 g/mol. The van der Waals surface area contributed by atoms with Crippen molar-refractivity contribution in [3.8, 4) is 0 Å². The van der Waals surface area contributed by atoms with Crippen LogP contribution >= 0.6 is 0 Å². The van der Waals surface area contributed by atoms with Gasteiger partial charge in [-0.05, 0) is 37.3 Å². The Kier molecular flexibility index (Phi) is 7.72. The largest absolute Gasteiger partial charge is 0.396 e. The van der Waals surface area contributed by atoms with E-state index in [1.165, 1.54) is 0 Å². The molecule has 2 rings (SSSR count). The summed E-state index contributed by atoms with van der Waals surface area (Å²) in [5.41, 5.74) is 1.09. The number of carbonyl (C=O) groups is 1. The molecule has 1 saturated heterocycles. The van der Waals surface area contributed by atoms with E-state index in [4.69, 9.17) is 5.11 Å². The fourth-order valence-corrected chi connectivity index (χ4v) is 3.79. The lowest BCUT2D eigenvalue weighted by molar-refractivity contribution is 0.0949. The first kappa shape index (κ1) is 19.7. The van der Waals surface area contributed by atoms with Gasteiger partial charge in [-0.2, -0.15) is 0 Å². The number of nitrogens with zero attached hydrogens (tertiary/aromatic N) is 2. The minimum Gasteiger partial charge on any atom is -0.396 e. The molecule has 0 radical (unpaired) electrons. The van der Waals surface area contributed by atoms with Gasteiger partial charge in [0.05, 0.1) is 6.04 Å². The molecule has 25 heavy (non-hydrogen) atoms. The number of piperidine rings is 1. The number of hydrogen-bond donors (Lipinski definition) is 2. The number of nitrogens with one attached hydrogen (secondary N) is 1. The summed E-state index contributed by atoms with van der Waals surface area (Å²) in [6.45, 7) is 7.73. The third-order valence-corrected chi connectivity index (χ3v) is 5.36. The Hall–Kier alpha value is -1.59. The molecular formula is C20H33N3O2. The molecular weight excluding hydrogens is 314 g/mol. The van der Waals surface area contributed by atoms with Crippen LogP contribution in [0.25, 0.3) is 0 Å². The van der Waals surface area contributed by atoms with E-state index in [0.717, 1.165) is 38.0 Å². The van der Waals surface area contributed by atoms with Crippen molar-refractivity contribution >= 4 is 6.03 Å². The summed E-state index contributed by atoms with van der Waals surface area (Å²) in [5.74, 6) is 0.470. The predicted molar refractivity (Wildman–Crippen MR) is 101 cm³/mol. The first-order valence-electron chi connectivity index (χ1n) is 9.48. The lowest BCUT2D eigenvalue weighted by Crippen LogP contribution is -2.53. The number of benzene rings is 1. The summed E-state index contributed by atoms with van der Waals surface area (Å²) < 4.78 is 0. The Morgan fingerprint density at radius 3 is 2.72 bits per heavy atom. The Morgan fingerprint density at radius 1 is 1.40 bits per heavy atom. The molecule has 5 heteroatoms. The summed E-state index contributed by atoms with van der Waals surface area (Å²) in [7, 11) is 1.91. The summed E-state index contributed by atoms with van der Waals surface area (Å²) in [5, 5.41) is 12.3. The van der Waals surface area contributed by atoms with E-state index >= 15 is 0 Å². The smallest absolute Gasteiger partial charge is 0.317 e. The molecule has 1 aromatic rings. The van der Waals surface area contributed by atoms with Crippen LogP contribution in [-0.4, -0.2) is 60.3 Å². The van der Waals surface area contributed by atoms with Crippen molar-refractivity contribution in [3.05, 3.63) is 35.9 Å². The molecule has 140 valence electrons. The van der Waals surface area contributed by atoms with Gasteiger partial charge in [0.2, 0.25) is 0 Å². The second kappa shape index (κ2) is 9.78. The first-order chi connectivity index (χ1) is 12.1. The summed E-state index contributed by atoms with van der Waals surface area (Å²) in [4.78, 5) is 17.2. The van der Waals surface area contributed by atoms with E-state index < -0.39 is 0 Å². The average Bonchev–Trinajstić information content (AvgIpc) is 2.64. The maximum Gasteiger partial charge on any atom is 0.317 e. The third-order valence-electron chi connectivity index (χ3n) is 5.36. The van der Waals surface area contributed by atoms with Crippen LogP contribution in [0.15, 0.2) is 30.3 Å². The number of likely N-dealkylation sites (tertiary alicyclic amines) is 1. The molecule has 5 nitrogen and oxygen atoms in total. The molecule has 0 saturated carbocycles. The van der Waals surface area contributed by atoms with Crippen LogP contribution in [-0.2, 0) is 0 Å². The predicted octanol–water partition coefficient (Wildman–Crippen LogP) is 2.87. The number of aliphatic hydroxyl groups excluding tert-OH is 1. The molecule has 1 fully saturated rings. The molecule has 3 atom stereocenters. The zero-order valence-electron chi connectivity index (χ0n) is 15.8. The maximum atomic E-state index is 12.8. The number of aliphatic hydroxyl groups is 1. The Labute approximate surface area is 152 Å². The summed E-state index contributed by atoms with van der Waals surface area (Å²) in [6, 6.07) is 10.2. The third kappa shape index (κ3) is 5.44. The van der Waals surface area contributed by atoms with E-state index in [1.807, 2.05) is 42.3 Å². The van der Waals surface area contributed by atoms with Gasteiger partial charge in [-0.25, -0.2) is 4.79 Å². The molecule has 1 aromatic carbocycles. The van der Waals surface area contributed by atoms with Gasteiger partial charge in [-0.3, -0.25) is 0 Å². The van der Waals surface area contributed by atoms with Crippen LogP contribution in [0.5, 0.6) is 0 Å². The molecule has 1 heterocycles. The van der Waals surface area contributed by atoms with Crippen LogP contribution in [0.1, 0.15) is 44.7 Å². The van der Waals surface area contributed by atoms with Gasteiger partial charge in [-0.15, -0.1) is 0 Å². The van der Waals surface area contributed by atoms with Crippen LogP contribution in [0, 0.1) is 5.92 Å². The molecule has 0 spiro atoms. The van der Waals surface area contributed by atoms with Crippen molar-refractivity contribution < 1.29 is 9.90 Å². The fourth-order valence-electron chi connectivity index (χ4n) is 3.79. The zero-order chi connectivity index (χ0) is 18.2. The maximum absolute atomic E-state index is 12.8. The molecule has 0 aromatic heterocycles. The van der Waals surface area contributed by atoms with Gasteiger partial charge in [0.15, 0.2) is 0 Å². The number of hydrogen-bond acceptors (Lipinski definition) is 3. The lowest BCUT2D eigenvalue weighted by Gasteiger charge is -2.41. The Bertz CT molecular complexity index is 523. The zero-order valence-corrected chi connectivity index (χ0v) is 15.8. The van der Waals surface area contributed by atoms with Crippen molar-refractivity contribution in [2.45, 2.75) is 45.2 Å². The highest BCUT2D eigenvalue weighted by molar-refractivity contribution is 5.74. The lowest BCUT2D eigenvalue weighted by atomic mass is 9.93. The molecule has 2 N–H and O–H groups in total. The van der Waals surface area contributed by atoms with Crippen LogP contribution in [0.4, 0.5) is 4.79 Å². The van der Waals surface area contributed by atoms with Gasteiger partial charge in [0, 0.05) is 32.8 Å². The first-order valence-corrected chi connectivity index (χ1v) is 9.48. The standard InChI is InChI=1S/C20H33N3O2/c1-4-23-13-12-19(16(2)15-23)22(3)20(25)21-18(11-8-14-24)17-9-6-5-7-10-17/h5-7,9-10,16,18-19,24H,4,8,11-15H2,1-3H3,(H,21,25). The van der Waals surface area contributed by atoms with Gasteiger partial charge in [0.1, 0.15) is 0 Å². The molecule has 0 aliphatic carbocycles. The second-order valence-corrected chi connectivity index (χ2v) is 7.12. The quantitative estimate of drug-likeness (QED) is 0.797. The Balaban J connectivity index is 1.99. The summed E-state index contributed by atoms with van der Waals surface area (Å²) >= 11 is 0. The van der Waals surface area contributed by atoms with Crippen molar-refractivity contribution in [1.29, 1.82) is 0 Å². The van der Waals surface area contributed by atoms with Gasteiger partial charge in [-0.1, -0.05) is 44.2 Å². The van der Waals surface area contributed by atoms with Crippen molar-refractivity contribution in [2.24, 2.45) is 5.92 Å². The normalized spacial score (nSPS) is 22.4. The highest BCUT2D eigenvalue weighted by Crippen LogP contribution is 2.23. The molecule has 1 aliphatic rings. The minimum atomic E-state index is -0.0608. The van der Waals surface area contributed by atoms with Gasteiger partial charge >= 0.3 is 6.03 Å². The van der Waals surface area contributed by atoms with E-state index in [2.05, 4.69) is 24.1 Å². The van der Waals surface area contributed by atoms with Gasteiger partial charge < -0.3 is 20.2 Å². The van der Waals surface area contributed by atoms with Crippen LogP contribution in [0.3, 0.4) is 0 Å². The van der Waals surface area contributed by atoms with E-state index in [9.17, 15) is 4.79 Å². The number of carbonyl (C=O) groups excluding carboxylic acids is 1. The number of urea groups is 1. The number of amides is 2. The second-order valence-electron chi connectivity index (χ2n) is 7.12. The van der Waals surface area contributed by atoms with Crippen molar-refractivity contribution in [2.75, 3.05) is 33.3 Å². The van der Waals surface area contributed by atoms with Crippen LogP contribution in [0.2, 0.25) is 0 Å². The highest BCUT2D eigenvalue weighted by Gasteiger charge is 2.31. The Morgan fingerprint density at radius 2 is 2.12 bits per heavy atom. The monoisotopic (exact) mass is 347 g/mol. The SMILES string of the molecule is CCN1CCC(N(C)C(=O)NC(CCCO)c2ccccc2)C(C)C1. The molecule has 3 unspecified atom stereocenters. The highest BCUT2D eigenvalue weighted by atomic mass is 16.3. The topological polar surface area (TPSA) is 55.8 Å². The van der Waals surface area contributed by atoms with E-state index in [1.54, 1.807) is 0 Å². The van der Waals surface area contributed by atoms with Crippen LogP contribution < -0.4 is 5.32 Å². The summed E-state index contributed by atoms with van der Waals surface area (Å²) in [6.07, 6.45) is 2.43. The van der Waals surface area contributed by atoms with E-state index in [0.29, 0.717) is 12.3 Å². The molecule has 2 amide bonds. The van der Waals surface area contributed by atoms with Crippen molar-refractivity contribution in [1.82, 2.24) is 15.1 Å². The fraction of sp³-hybridized carbons (Fsp3) is 0.650. The van der Waals surface area contributed by atoms with Crippen molar-refractivity contribution in [3.63, 3.8) is 0 Å².